The van der Waals surface area contributed by atoms with Crippen LogP contribution in [0.1, 0.15) is 39.2 Å². The lowest BCUT2D eigenvalue weighted by Gasteiger charge is -2.29. The van der Waals surface area contributed by atoms with Crippen molar-refractivity contribution in [3.8, 4) is 0 Å². The zero-order valence-corrected chi connectivity index (χ0v) is 15.2. The first-order valence-corrected chi connectivity index (χ1v) is 9.17. The Labute approximate surface area is 145 Å². The van der Waals surface area contributed by atoms with Crippen LogP contribution < -0.4 is 11.1 Å². The monoisotopic (exact) mass is 329 g/mol. The topological polar surface area (TPSA) is 58.4 Å². The lowest BCUT2D eigenvalue weighted by Crippen LogP contribution is -2.52. The van der Waals surface area contributed by atoms with Crippen LogP contribution in [0, 0.1) is 17.3 Å². The van der Waals surface area contributed by atoms with Crippen molar-refractivity contribution in [2.24, 2.45) is 23.0 Å². The molecule has 0 radical (unpaired) electrons. The van der Waals surface area contributed by atoms with Crippen LogP contribution in [0.4, 0.5) is 0 Å². The number of amides is 1. The van der Waals surface area contributed by atoms with Crippen molar-refractivity contribution in [3.63, 3.8) is 0 Å². The van der Waals surface area contributed by atoms with E-state index in [1.54, 1.807) is 0 Å². The summed E-state index contributed by atoms with van der Waals surface area (Å²) in [6.45, 7) is 9.30. The Balaban J connectivity index is 1.56. The Hall–Kier alpha value is -1.39. The van der Waals surface area contributed by atoms with Gasteiger partial charge in [0, 0.05) is 25.7 Å². The van der Waals surface area contributed by atoms with Gasteiger partial charge in [0.25, 0.3) is 0 Å². The van der Waals surface area contributed by atoms with Crippen molar-refractivity contribution >= 4 is 5.91 Å². The van der Waals surface area contributed by atoms with Crippen molar-refractivity contribution < 1.29 is 4.79 Å². The summed E-state index contributed by atoms with van der Waals surface area (Å²) in [5, 5.41) is 3.25. The fourth-order valence-corrected chi connectivity index (χ4v) is 4.17. The number of benzene rings is 1. The minimum atomic E-state index is -0.446. The Morgan fingerprint density at radius 2 is 1.96 bits per heavy atom. The molecular weight excluding hydrogens is 298 g/mol. The first-order chi connectivity index (χ1) is 11.3. The zero-order chi connectivity index (χ0) is 17.3. The number of hydrogen-bond donors (Lipinski definition) is 2. The van der Waals surface area contributed by atoms with Gasteiger partial charge in [-0.15, -0.1) is 0 Å². The van der Waals surface area contributed by atoms with Gasteiger partial charge in [0.2, 0.25) is 5.91 Å². The van der Waals surface area contributed by atoms with Crippen LogP contribution in [-0.2, 0) is 11.3 Å². The van der Waals surface area contributed by atoms with Crippen LogP contribution in [0.15, 0.2) is 30.3 Å². The number of hydrogen-bond acceptors (Lipinski definition) is 3. The lowest BCUT2D eigenvalue weighted by atomic mass is 9.86. The predicted molar refractivity (Wildman–Crippen MR) is 97.3 cm³/mol. The second-order valence-electron chi connectivity index (χ2n) is 8.64. The molecule has 1 heterocycles. The van der Waals surface area contributed by atoms with Crippen LogP contribution in [0.2, 0.25) is 0 Å². The van der Waals surface area contributed by atoms with Gasteiger partial charge in [-0.05, 0) is 35.7 Å². The SMILES string of the molecule is CC(C)(C)[C@H](N)C(=O)N[C@@H]1CC[C@H]2CN(Cc3ccccc3)C[C@H]21. The second-order valence-corrected chi connectivity index (χ2v) is 8.64. The summed E-state index contributed by atoms with van der Waals surface area (Å²) in [5.74, 6) is 1.30. The van der Waals surface area contributed by atoms with E-state index in [9.17, 15) is 4.79 Å². The molecule has 0 bridgehead atoms. The van der Waals surface area contributed by atoms with Gasteiger partial charge < -0.3 is 11.1 Å². The molecule has 132 valence electrons. The summed E-state index contributed by atoms with van der Waals surface area (Å²) in [7, 11) is 0. The van der Waals surface area contributed by atoms with Crippen molar-refractivity contribution in [2.75, 3.05) is 13.1 Å². The number of nitrogens with zero attached hydrogens (tertiary/aromatic N) is 1. The summed E-state index contributed by atoms with van der Waals surface area (Å²) in [4.78, 5) is 15.0. The average molecular weight is 329 g/mol. The zero-order valence-electron chi connectivity index (χ0n) is 15.2. The summed E-state index contributed by atoms with van der Waals surface area (Å²) in [6.07, 6.45) is 2.31. The molecular formula is C20H31N3O. The first-order valence-electron chi connectivity index (χ1n) is 9.17. The van der Waals surface area contributed by atoms with Crippen LogP contribution >= 0.6 is 0 Å². The standard InChI is InChI=1S/C20H31N3O/c1-20(2,3)18(21)19(24)22-17-10-9-15-12-23(13-16(15)17)11-14-7-5-4-6-8-14/h4-8,15-18H,9-13,21H2,1-3H3,(H,22,24)/t15-,16+,17+,18+/m0/s1. The third kappa shape index (κ3) is 3.81. The maximum absolute atomic E-state index is 12.5. The molecule has 1 aliphatic carbocycles. The molecule has 3 N–H and O–H groups in total. The smallest absolute Gasteiger partial charge is 0.237 e. The summed E-state index contributed by atoms with van der Waals surface area (Å²) in [5.41, 5.74) is 7.29. The number of nitrogens with one attached hydrogen (secondary N) is 1. The largest absolute Gasteiger partial charge is 0.352 e. The quantitative estimate of drug-likeness (QED) is 0.892. The van der Waals surface area contributed by atoms with Crippen molar-refractivity contribution in [1.29, 1.82) is 0 Å². The number of carbonyl (C=O) groups is 1. The van der Waals surface area contributed by atoms with E-state index in [1.807, 2.05) is 20.8 Å². The number of fused-ring (bicyclic) bond motifs is 1. The molecule has 0 aromatic heterocycles. The highest BCUT2D eigenvalue weighted by molar-refractivity contribution is 5.82. The van der Waals surface area contributed by atoms with E-state index in [2.05, 4.69) is 40.5 Å². The minimum Gasteiger partial charge on any atom is -0.352 e. The molecule has 1 saturated carbocycles. The van der Waals surface area contributed by atoms with Crippen molar-refractivity contribution in [3.05, 3.63) is 35.9 Å². The van der Waals surface area contributed by atoms with Crippen LogP contribution in [-0.4, -0.2) is 36.0 Å². The number of nitrogens with two attached hydrogens (primary N) is 1. The maximum Gasteiger partial charge on any atom is 0.237 e. The van der Waals surface area contributed by atoms with Gasteiger partial charge >= 0.3 is 0 Å². The average Bonchev–Trinajstić information content (AvgIpc) is 3.08. The third-order valence-electron chi connectivity index (χ3n) is 5.72. The van der Waals surface area contributed by atoms with E-state index in [-0.39, 0.29) is 17.4 Å². The highest BCUT2D eigenvalue weighted by Crippen LogP contribution is 2.38. The molecule has 4 atom stereocenters. The fourth-order valence-electron chi connectivity index (χ4n) is 4.17. The molecule has 0 unspecified atom stereocenters. The molecule has 1 amide bonds. The molecule has 0 spiro atoms. The summed E-state index contributed by atoms with van der Waals surface area (Å²) >= 11 is 0. The first kappa shape index (κ1) is 17.4. The van der Waals surface area contributed by atoms with Gasteiger partial charge in [0.05, 0.1) is 6.04 Å². The van der Waals surface area contributed by atoms with Crippen molar-refractivity contribution in [1.82, 2.24) is 10.2 Å². The molecule has 2 aliphatic rings. The van der Waals surface area contributed by atoms with Gasteiger partial charge in [-0.1, -0.05) is 51.1 Å². The van der Waals surface area contributed by atoms with E-state index >= 15 is 0 Å². The van der Waals surface area contributed by atoms with Crippen LogP contribution in [0.5, 0.6) is 0 Å². The van der Waals surface area contributed by atoms with Gasteiger partial charge in [0.15, 0.2) is 0 Å². The van der Waals surface area contributed by atoms with Gasteiger partial charge in [-0.2, -0.15) is 0 Å². The second kappa shape index (κ2) is 6.85. The minimum absolute atomic E-state index is 0.00894. The molecule has 3 rings (SSSR count). The molecule has 1 aliphatic heterocycles. The van der Waals surface area contributed by atoms with E-state index in [0.717, 1.165) is 26.1 Å². The molecule has 2 fully saturated rings. The highest BCUT2D eigenvalue weighted by atomic mass is 16.2. The van der Waals surface area contributed by atoms with E-state index in [0.29, 0.717) is 11.8 Å². The normalized spacial score (nSPS) is 28.6. The molecule has 1 aromatic carbocycles. The maximum atomic E-state index is 12.5. The van der Waals surface area contributed by atoms with E-state index in [4.69, 9.17) is 5.73 Å². The molecule has 24 heavy (non-hydrogen) atoms. The molecule has 1 saturated heterocycles. The summed E-state index contributed by atoms with van der Waals surface area (Å²) < 4.78 is 0. The highest BCUT2D eigenvalue weighted by Gasteiger charge is 2.43. The predicted octanol–water partition coefficient (Wildman–Crippen LogP) is 2.39. The Morgan fingerprint density at radius 3 is 2.62 bits per heavy atom. The van der Waals surface area contributed by atoms with E-state index in [1.165, 1.54) is 12.0 Å². The third-order valence-corrected chi connectivity index (χ3v) is 5.72. The molecule has 4 heteroatoms. The Morgan fingerprint density at radius 1 is 1.25 bits per heavy atom. The van der Waals surface area contributed by atoms with Crippen LogP contribution in [0.25, 0.3) is 0 Å². The number of likely N-dealkylation sites (tertiary alicyclic amines) is 1. The van der Waals surface area contributed by atoms with Gasteiger partial charge in [-0.3, -0.25) is 9.69 Å². The lowest BCUT2D eigenvalue weighted by molar-refractivity contribution is -0.125. The number of rotatable bonds is 4. The molecule has 1 aromatic rings. The van der Waals surface area contributed by atoms with Gasteiger partial charge in [0.1, 0.15) is 0 Å². The van der Waals surface area contributed by atoms with E-state index < -0.39 is 6.04 Å². The molecule has 4 nitrogen and oxygen atoms in total. The van der Waals surface area contributed by atoms with Gasteiger partial charge in [-0.25, -0.2) is 0 Å². The van der Waals surface area contributed by atoms with Crippen molar-refractivity contribution in [2.45, 2.75) is 52.2 Å². The van der Waals surface area contributed by atoms with Crippen LogP contribution in [0.3, 0.4) is 0 Å². The fraction of sp³-hybridized carbons (Fsp3) is 0.650. The summed E-state index contributed by atoms with van der Waals surface area (Å²) in [6, 6.07) is 10.5. The Bertz CT molecular complexity index is 566. The number of carbonyl (C=O) groups excluding carboxylic acids is 1. The Kier molecular flexibility index (Phi) is 4.97.